The van der Waals surface area contributed by atoms with Gasteiger partial charge in [-0.2, -0.15) is 5.10 Å². The highest BCUT2D eigenvalue weighted by Gasteiger charge is 2.32. The molecule has 0 radical (unpaired) electrons. The summed E-state index contributed by atoms with van der Waals surface area (Å²) < 4.78 is 0. The third-order valence-electron chi connectivity index (χ3n) is 5.48. The summed E-state index contributed by atoms with van der Waals surface area (Å²) in [6, 6.07) is 16.7. The minimum Gasteiger partial charge on any atom is -0.390 e. The second kappa shape index (κ2) is 7.48. The number of carbonyl (C=O) groups excluding carboxylic acids is 1. The van der Waals surface area contributed by atoms with Crippen LogP contribution >= 0.6 is 11.6 Å². The van der Waals surface area contributed by atoms with Gasteiger partial charge in [0.15, 0.2) is 0 Å². The summed E-state index contributed by atoms with van der Waals surface area (Å²) in [7, 11) is 0. The van der Waals surface area contributed by atoms with E-state index < -0.39 is 12.1 Å². The molecule has 2 heterocycles. The Morgan fingerprint density at radius 1 is 1.13 bits per heavy atom. The highest BCUT2D eigenvalue weighted by molar-refractivity contribution is 6.30. The molecule has 30 heavy (non-hydrogen) atoms. The van der Waals surface area contributed by atoms with Crippen molar-refractivity contribution in [2.75, 3.05) is 0 Å². The lowest BCUT2D eigenvalue weighted by atomic mass is 10.0. The van der Waals surface area contributed by atoms with Crippen molar-refractivity contribution in [3.05, 3.63) is 88.8 Å². The van der Waals surface area contributed by atoms with Crippen molar-refractivity contribution in [1.82, 2.24) is 20.5 Å². The predicted octanol–water partition coefficient (Wildman–Crippen LogP) is 4.11. The van der Waals surface area contributed by atoms with Crippen LogP contribution in [0.4, 0.5) is 0 Å². The van der Waals surface area contributed by atoms with E-state index in [4.69, 9.17) is 11.6 Å². The molecule has 2 atom stereocenters. The molecule has 0 spiro atoms. The van der Waals surface area contributed by atoms with Crippen LogP contribution in [-0.4, -0.2) is 32.3 Å². The number of amides is 1. The van der Waals surface area contributed by atoms with Gasteiger partial charge in [-0.05, 0) is 34.9 Å². The molecule has 4 N–H and O–H groups in total. The highest BCUT2D eigenvalue weighted by Crippen LogP contribution is 2.33. The molecule has 6 nitrogen and oxygen atoms in total. The number of aliphatic hydroxyl groups excluding tert-OH is 1. The average molecular weight is 419 g/mol. The van der Waals surface area contributed by atoms with Gasteiger partial charge in [-0.15, -0.1) is 0 Å². The molecule has 0 saturated carbocycles. The molecule has 150 valence electrons. The van der Waals surface area contributed by atoms with E-state index in [-0.39, 0.29) is 5.91 Å². The topological polar surface area (TPSA) is 93.8 Å². The Morgan fingerprint density at radius 3 is 2.87 bits per heavy atom. The number of aliphatic hydroxyl groups is 1. The molecule has 1 aliphatic carbocycles. The quantitative estimate of drug-likeness (QED) is 0.401. The zero-order valence-corrected chi connectivity index (χ0v) is 16.6. The third-order valence-corrected chi connectivity index (χ3v) is 5.72. The molecule has 1 amide bonds. The summed E-state index contributed by atoms with van der Waals surface area (Å²) in [5.74, 6) is -0.272. The largest absolute Gasteiger partial charge is 0.390 e. The number of aromatic nitrogens is 3. The summed E-state index contributed by atoms with van der Waals surface area (Å²) in [4.78, 5) is 15.9. The van der Waals surface area contributed by atoms with E-state index in [9.17, 15) is 9.90 Å². The number of rotatable bonds is 4. The molecular formula is C23H19ClN4O2. The number of nitrogens with zero attached hydrogens (tertiary/aromatic N) is 1. The monoisotopic (exact) mass is 418 g/mol. The molecule has 0 bridgehead atoms. The smallest absolute Gasteiger partial charge is 0.268 e. The van der Waals surface area contributed by atoms with Crippen LogP contribution in [0, 0.1) is 0 Å². The number of nitrogens with one attached hydrogen (secondary N) is 3. The summed E-state index contributed by atoms with van der Waals surface area (Å²) in [6.45, 7) is 0. The lowest BCUT2D eigenvalue weighted by molar-refractivity contribution is 0.0854. The maximum absolute atomic E-state index is 12.8. The van der Waals surface area contributed by atoms with Crippen molar-refractivity contribution in [3.8, 4) is 22.4 Å². The number of H-pyrrole nitrogens is 2. The van der Waals surface area contributed by atoms with E-state index in [2.05, 4.69) is 20.5 Å². The third kappa shape index (κ3) is 3.30. The van der Waals surface area contributed by atoms with Crippen LogP contribution in [0.2, 0.25) is 5.02 Å². The number of halogens is 1. The van der Waals surface area contributed by atoms with Gasteiger partial charge in [0.2, 0.25) is 0 Å². The van der Waals surface area contributed by atoms with E-state index in [0.29, 0.717) is 17.1 Å². The Balaban J connectivity index is 1.39. The van der Waals surface area contributed by atoms with Gasteiger partial charge in [-0.3, -0.25) is 9.89 Å². The normalized spacial score (nSPS) is 17.7. The Bertz CT molecular complexity index is 1230. The number of hydrogen-bond acceptors (Lipinski definition) is 3. The molecule has 2 unspecified atom stereocenters. The van der Waals surface area contributed by atoms with E-state index in [0.717, 1.165) is 33.5 Å². The fourth-order valence-electron chi connectivity index (χ4n) is 4.02. The predicted molar refractivity (Wildman–Crippen MR) is 115 cm³/mol. The van der Waals surface area contributed by atoms with Crippen LogP contribution in [-0.2, 0) is 6.42 Å². The first kappa shape index (κ1) is 18.7. The van der Waals surface area contributed by atoms with Gasteiger partial charge in [0.25, 0.3) is 5.91 Å². The Labute approximate surface area is 177 Å². The summed E-state index contributed by atoms with van der Waals surface area (Å²) in [5, 5.41) is 21.2. The number of carbonyl (C=O) groups is 1. The van der Waals surface area contributed by atoms with Crippen LogP contribution < -0.4 is 5.32 Å². The van der Waals surface area contributed by atoms with Gasteiger partial charge < -0.3 is 15.4 Å². The summed E-state index contributed by atoms with van der Waals surface area (Å²) in [6.07, 6.45) is 3.39. The van der Waals surface area contributed by atoms with Gasteiger partial charge in [-0.25, -0.2) is 0 Å². The van der Waals surface area contributed by atoms with Gasteiger partial charge in [0, 0.05) is 28.8 Å². The number of aromatic amines is 2. The zero-order chi connectivity index (χ0) is 20.7. The molecule has 7 heteroatoms. The SMILES string of the molecule is O=C(NC1c2ccccc2CC1O)c1cc(-c2[nH]ncc2-c2cccc(Cl)c2)c[nH]1. The van der Waals surface area contributed by atoms with Crippen LogP contribution in [0.5, 0.6) is 0 Å². The standard InChI is InChI=1S/C23H19ClN4O2/c24-16-6-3-5-13(8-16)18-12-26-28-21(18)15-9-19(25-11-15)23(30)27-22-17-7-2-1-4-14(17)10-20(22)29/h1-9,11-12,20,22,25,29H,10H2,(H,26,28)(H,27,30). The van der Waals surface area contributed by atoms with Gasteiger partial charge in [-0.1, -0.05) is 48.0 Å². The molecule has 2 aromatic carbocycles. The second-order valence-electron chi connectivity index (χ2n) is 7.39. The van der Waals surface area contributed by atoms with Gasteiger partial charge in [0.05, 0.1) is 24.0 Å². The van der Waals surface area contributed by atoms with Crippen LogP contribution in [0.15, 0.2) is 67.0 Å². The zero-order valence-electron chi connectivity index (χ0n) is 15.9. The van der Waals surface area contributed by atoms with Crippen LogP contribution in [0.3, 0.4) is 0 Å². The first-order chi connectivity index (χ1) is 14.6. The van der Waals surface area contributed by atoms with E-state index >= 15 is 0 Å². The minimum atomic E-state index is -0.636. The molecule has 0 saturated heterocycles. The van der Waals surface area contributed by atoms with Crippen LogP contribution in [0.25, 0.3) is 22.4 Å². The van der Waals surface area contributed by atoms with Crippen molar-refractivity contribution in [2.45, 2.75) is 18.6 Å². The van der Waals surface area contributed by atoms with E-state index in [1.165, 1.54) is 0 Å². The highest BCUT2D eigenvalue weighted by atomic mass is 35.5. The van der Waals surface area contributed by atoms with E-state index in [1.807, 2.05) is 48.5 Å². The molecule has 1 aliphatic rings. The fourth-order valence-corrected chi connectivity index (χ4v) is 4.21. The Kier molecular flexibility index (Phi) is 4.65. The van der Waals surface area contributed by atoms with Gasteiger partial charge in [0.1, 0.15) is 5.69 Å². The lowest BCUT2D eigenvalue weighted by Crippen LogP contribution is -2.34. The first-order valence-corrected chi connectivity index (χ1v) is 10.0. The first-order valence-electron chi connectivity index (χ1n) is 9.65. The molecule has 0 aliphatic heterocycles. The fraction of sp³-hybridized carbons (Fsp3) is 0.130. The maximum atomic E-state index is 12.8. The van der Waals surface area contributed by atoms with Crippen molar-refractivity contribution in [1.29, 1.82) is 0 Å². The van der Waals surface area contributed by atoms with Crippen molar-refractivity contribution in [2.24, 2.45) is 0 Å². The average Bonchev–Trinajstić information content (AvgIpc) is 3.47. The molecule has 4 aromatic rings. The number of fused-ring (bicyclic) bond motifs is 1. The Morgan fingerprint density at radius 2 is 2.00 bits per heavy atom. The number of benzene rings is 2. The van der Waals surface area contributed by atoms with Crippen molar-refractivity contribution in [3.63, 3.8) is 0 Å². The van der Waals surface area contributed by atoms with Gasteiger partial charge >= 0.3 is 0 Å². The molecular weight excluding hydrogens is 400 g/mol. The molecule has 2 aromatic heterocycles. The van der Waals surface area contributed by atoms with E-state index in [1.54, 1.807) is 18.5 Å². The Hall–Kier alpha value is -3.35. The van der Waals surface area contributed by atoms with Crippen molar-refractivity contribution < 1.29 is 9.90 Å². The summed E-state index contributed by atoms with van der Waals surface area (Å²) in [5.41, 5.74) is 5.85. The lowest BCUT2D eigenvalue weighted by Gasteiger charge is -2.17. The molecule has 0 fully saturated rings. The van der Waals surface area contributed by atoms with Crippen molar-refractivity contribution >= 4 is 17.5 Å². The minimum absolute atomic E-state index is 0.272. The number of hydrogen-bond donors (Lipinski definition) is 4. The maximum Gasteiger partial charge on any atom is 0.268 e. The summed E-state index contributed by atoms with van der Waals surface area (Å²) >= 11 is 6.12. The second-order valence-corrected chi connectivity index (χ2v) is 7.83. The molecule has 5 rings (SSSR count). The van der Waals surface area contributed by atoms with Crippen LogP contribution in [0.1, 0.15) is 27.7 Å².